The molecule has 0 bridgehead atoms. The number of amides is 1. The molecule has 0 spiro atoms. The average molecular weight is 345 g/mol. The number of hydrogen-bond donors (Lipinski definition) is 2. The molecule has 0 fully saturated rings. The van der Waals surface area contributed by atoms with Gasteiger partial charge in [0, 0.05) is 22.6 Å². The van der Waals surface area contributed by atoms with E-state index in [2.05, 4.69) is 9.97 Å². The Morgan fingerprint density at radius 3 is 2.78 bits per heavy atom. The molecule has 0 aliphatic rings. The summed E-state index contributed by atoms with van der Waals surface area (Å²) in [7, 11) is 0. The smallest absolute Gasteiger partial charge is 0.260 e. The zero-order chi connectivity index (χ0) is 16.4. The second kappa shape index (κ2) is 6.55. The van der Waals surface area contributed by atoms with E-state index in [0.29, 0.717) is 21.1 Å². The predicted molar refractivity (Wildman–Crippen MR) is 94.9 cm³/mol. The number of carbonyl (C=O) groups is 1. The number of aromatic nitrogens is 2. The highest BCUT2D eigenvalue weighted by molar-refractivity contribution is 7.99. The van der Waals surface area contributed by atoms with Crippen LogP contribution in [0.4, 0.5) is 0 Å². The lowest BCUT2D eigenvalue weighted by molar-refractivity contribution is -0.117. The van der Waals surface area contributed by atoms with Crippen LogP contribution in [-0.4, -0.2) is 21.6 Å². The van der Waals surface area contributed by atoms with Gasteiger partial charge in [-0.25, -0.2) is 4.98 Å². The molecule has 3 aromatic rings. The first-order chi connectivity index (χ1) is 11.1. The van der Waals surface area contributed by atoms with Crippen molar-refractivity contribution in [3.63, 3.8) is 0 Å². The Balaban J connectivity index is 2.04. The molecule has 0 aliphatic carbocycles. The van der Waals surface area contributed by atoms with Crippen molar-refractivity contribution in [2.75, 3.05) is 5.75 Å². The summed E-state index contributed by atoms with van der Waals surface area (Å²) in [4.78, 5) is 32.4. The Kier molecular flexibility index (Phi) is 4.49. The molecule has 0 saturated carbocycles. The van der Waals surface area contributed by atoms with E-state index in [1.54, 1.807) is 0 Å². The molecule has 0 atom stereocenters. The van der Waals surface area contributed by atoms with Crippen LogP contribution in [0.25, 0.3) is 21.3 Å². The van der Waals surface area contributed by atoms with Crippen LogP contribution in [0.2, 0.25) is 0 Å². The molecule has 0 unspecified atom stereocenters. The van der Waals surface area contributed by atoms with Gasteiger partial charge in [-0.2, -0.15) is 0 Å². The fourth-order valence-corrected chi connectivity index (χ4v) is 4.29. The van der Waals surface area contributed by atoms with Crippen molar-refractivity contribution in [1.82, 2.24) is 9.97 Å². The number of thioether (sulfide) groups is 1. The highest BCUT2D eigenvalue weighted by Gasteiger charge is 2.16. The molecular weight excluding hydrogens is 330 g/mol. The molecule has 0 radical (unpaired) electrons. The molecule has 23 heavy (non-hydrogen) atoms. The number of aryl methyl sites for hydroxylation is 1. The minimum absolute atomic E-state index is 0.153. The van der Waals surface area contributed by atoms with Crippen molar-refractivity contribution in [3.05, 3.63) is 45.6 Å². The van der Waals surface area contributed by atoms with E-state index in [1.165, 1.54) is 23.1 Å². The lowest BCUT2D eigenvalue weighted by Gasteiger charge is -2.02. The lowest BCUT2D eigenvalue weighted by atomic mass is 10.0. The Morgan fingerprint density at radius 1 is 1.35 bits per heavy atom. The van der Waals surface area contributed by atoms with Crippen LogP contribution in [0.5, 0.6) is 0 Å². The van der Waals surface area contributed by atoms with E-state index < -0.39 is 0 Å². The number of nitrogens with one attached hydrogen (secondary N) is 1. The number of H-pyrrole nitrogens is 1. The number of rotatable bonds is 5. The van der Waals surface area contributed by atoms with Crippen LogP contribution >= 0.6 is 23.1 Å². The average Bonchev–Trinajstić information content (AvgIpc) is 2.84. The molecule has 3 rings (SSSR count). The third-order valence-electron chi connectivity index (χ3n) is 3.37. The highest BCUT2D eigenvalue weighted by Crippen LogP contribution is 2.35. The van der Waals surface area contributed by atoms with Gasteiger partial charge in [0.05, 0.1) is 5.39 Å². The van der Waals surface area contributed by atoms with Crippen LogP contribution < -0.4 is 11.3 Å². The molecule has 1 amide bonds. The van der Waals surface area contributed by atoms with Gasteiger partial charge in [0.2, 0.25) is 5.91 Å². The number of primary amides is 1. The molecule has 7 heteroatoms. The first-order valence-electron chi connectivity index (χ1n) is 7.06. The van der Waals surface area contributed by atoms with E-state index in [4.69, 9.17) is 5.73 Å². The molecule has 3 N–H and O–H groups in total. The van der Waals surface area contributed by atoms with Crippen molar-refractivity contribution < 1.29 is 4.79 Å². The first-order valence-corrected chi connectivity index (χ1v) is 8.86. The summed E-state index contributed by atoms with van der Waals surface area (Å²) in [6, 6.07) is 9.83. The zero-order valence-corrected chi connectivity index (χ0v) is 14.1. The van der Waals surface area contributed by atoms with Crippen molar-refractivity contribution in [2.45, 2.75) is 18.5 Å². The number of thiophene rings is 1. The number of fused-ring (bicyclic) bond motifs is 1. The van der Waals surface area contributed by atoms with Crippen molar-refractivity contribution in [3.8, 4) is 11.1 Å². The minimum atomic E-state index is -0.362. The van der Waals surface area contributed by atoms with Gasteiger partial charge in [-0.15, -0.1) is 11.3 Å². The number of aromatic amines is 1. The Bertz CT molecular complexity index is 916. The lowest BCUT2D eigenvalue weighted by Crippen LogP contribution is -2.12. The summed E-state index contributed by atoms with van der Waals surface area (Å²) in [6.45, 7) is 1.99. The maximum atomic E-state index is 12.5. The van der Waals surface area contributed by atoms with Crippen LogP contribution in [0.1, 0.15) is 11.3 Å². The van der Waals surface area contributed by atoms with Crippen molar-refractivity contribution in [1.29, 1.82) is 0 Å². The highest BCUT2D eigenvalue weighted by atomic mass is 32.2. The van der Waals surface area contributed by atoms with E-state index in [0.717, 1.165) is 16.0 Å². The molecule has 118 valence electrons. The number of nitrogens with two attached hydrogens (primary N) is 1. The van der Waals surface area contributed by atoms with Gasteiger partial charge >= 0.3 is 0 Å². The third-order valence-corrected chi connectivity index (χ3v) is 5.24. The predicted octanol–water partition coefficient (Wildman–Crippen LogP) is 2.93. The summed E-state index contributed by atoms with van der Waals surface area (Å²) in [6.07, 6.45) is 0.255. The Labute approximate surface area is 140 Å². The number of hydrogen-bond acceptors (Lipinski definition) is 5. The third kappa shape index (κ3) is 3.30. The van der Waals surface area contributed by atoms with E-state index >= 15 is 0 Å². The molecule has 0 aliphatic heterocycles. The van der Waals surface area contributed by atoms with Gasteiger partial charge in [0.1, 0.15) is 4.83 Å². The SMILES string of the molecule is Cc1sc2nc(SCCC(N)=O)[nH]c(=O)c2c1-c1ccccc1. The second-order valence-electron chi connectivity index (χ2n) is 5.02. The van der Waals surface area contributed by atoms with Gasteiger partial charge in [0.25, 0.3) is 5.56 Å². The molecule has 2 aromatic heterocycles. The normalized spacial score (nSPS) is 11.0. The second-order valence-corrected chi connectivity index (χ2v) is 7.30. The summed E-state index contributed by atoms with van der Waals surface area (Å²) in [5.74, 6) is 0.138. The van der Waals surface area contributed by atoms with Gasteiger partial charge in [-0.05, 0) is 12.5 Å². The number of carbonyl (C=O) groups excluding carboxylic acids is 1. The maximum Gasteiger partial charge on any atom is 0.260 e. The maximum absolute atomic E-state index is 12.5. The molecule has 1 aromatic carbocycles. The summed E-state index contributed by atoms with van der Waals surface area (Å²) < 4.78 is 0. The van der Waals surface area contributed by atoms with E-state index in [-0.39, 0.29) is 17.9 Å². The quantitative estimate of drug-likeness (QED) is 0.550. The van der Waals surface area contributed by atoms with Crippen molar-refractivity contribution in [2.24, 2.45) is 5.73 Å². The summed E-state index contributed by atoms with van der Waals surface area (Å²) >= 11 is 2.83. The fourth-order valence-electron chi connectivity index (χ4n) is 2.37. The number of benzene rings is 1. The topological polar surface area (TPSA) is 88.8 Å². The van der Waals surface area contributed by atoms with Gasteiger partial charge in [0.15, 0.2) is 5.16 Å². The first kappa shape index (κ1) is 15.8. The molecule has 5 nitrogen and oxygen atoms in total. The summed E-state index contributed by atoms with van der Waals surface area (Å²) in [5.41, 5.74) is 6.92. The zero-order valence-electron chi connectivity index (χ0n) is 12.5. The van der Waals surface area contributed by atoms with Gasteiger partial charge < -0.3 is 10.7 Å². The summed E-state index contributed by atoms with van der Waals surface area (Å²) in [5, 5.41) is 1.14. The fraction of sp³-hybridized carbons (Fsp3) is 0.188. The standard InChI is InChI=1S/C16H15N3O2S2/c1-9-12(10-5-3-2-4-6-10)13-14(21)18-16(19-15(13)23-9)22-8-7-11(17)20/h2-6H,7-8H2,1H3,(H2,17,20)(H,18,19,21). The van der Waals surface area contributed by atoms with E-state index in [9.17, 15) is 9.59 Å². The van der Waals surface area contributed by atoms with Crippen LogP contribution in [0.15, 0.2) is 40.3 Å². The van der Waals surface area contributed by atoms with Gasteiger partial charge in [-0.1, -0.05) is 42.1 Å². The van der Waals surface area contributed by atoms with E-state index in [1.807, 2.05) is 37.3 Å². The Morgan fingerprint density at radius 2 is 2.09 bits per heavy atom. The van der Waals surface area contributed by atoms with Crippen LogP contribution in [0.3, 0.4) is 0 Å². The van der Waals surface area contributed by atoms with Crippen LogP contribution in [0, 0.1) is 6.92 Å². The largest absolute Gasteiger partial charge is 0.370 e. The minimum Gasteiger partial charge on any atom is -0.370 e. The molecular formula is C16H15N3O2S2. The molecule has 2 heterocycles. The van der Waals surface area contributed by atoms with Crippen LogP contribution in [-0.2, 0) is 4.79 Å². The van der Waals surface area contributed by atoms with Gasteiger partial charge in [-0.3, -0.25) is 9.59 Å². The molecule has 0 saturated heterocycles. The Hall–Kier alpha value is -2.12. The number of nitrogens with zero attached hydrogens (tertiary/aromatic N) is 1. The monoisotopic (exact) mass is 345 g/mol. The van der Waals surface area contributed by atoms with Crippen molar-refractivity contribution >= 4 is 39.2 Å².